The lowest BCUT2D eigenvalue weighted by Crippen LogP contribution is -2.20. The van der Waals surface area contributed by atoms with Gasteiger partial charge in [-0.25, -0.2) is 0 Å². The minimum atomic E-state index is -4.43. The van der Waals surface area contributed by atoms with E-state index in [2.05, 4.69) is 27.7 Å². The Hall–Kier alpha value is -1.48. The van der Waals surface area contributed by atoms with E-state index in [-0.39, 0.29) is 23.0 Å². The van der Waals surface area contributed by atoms with Crippen LogP contribution in [-0.2, 0) is 41.4 Å². The number of hydrogen-bond donors (Lipinski definition) is 0. The summed E-state index contributed by atoms with van der Waals surface area (Å²) in [5.41, 5.74) is 1.59. The molecule has 0 saturated carbocycles. The van der Waals surface area contributed by atoms with Gasteiger partial charge in [0.15, 0.2) is 0 Å². The molecule has 2 rings (SSSR count). The molecule has 0 radical (unpaired) electrons. The largest absolute Gasteiger partial charge is 0.299 e. The first-order valence-electron chi connectivity index (χ1n) is 21.6. The summed E-state index contributed by atoms with van der Waals surface area (Å²) in [6.45, 7) is 8.88. The summed E-state index contributed by atoms with van der Waals surface area (Å²) in [6, 6.07) is 7.46. The third kappa shape index (κ3) is 17.3. The van der Waals surface area contributed by atoms with Gasteiger partial charge in [0.05, 0.1) is 13.2 Å². The molecule has 52 heavy (non-hydrogen) atoms. The Bertz CT molecular complexity index is 1430. The maximum Gasteiger partial charge on any atom is 0.299 e. The average Bonchev–Trinajstić information content (AvgIpc) is 3.13. The van der Waals surface area contributed by atoms with Crippen LogP contribution in [0.3, 0.4) is 0 Å². The highest BCUT2D eigenvalue weighted by molar-refractivity contribution is 7.90. The van der Waals surface area contributed by atoms with E-state index in [1.807, 2.05) is 12.1 Å². The fraction of sp³-hybridized carbons (Fsp3) is 0.773. The van der Waals surface area contributed by atoms with Crippen LogP contribution in [0.2, 0.25) is 0 Å². The molecule has 0 fully saturated rings. The van der Waals surface area contributed by atoms with Crippen molar-refractivity contribution in [2.45, 2.75) is 217 Å². The molecular weight excluding hydrogens is 689 g/mol. The van der Waals surface area contributed by atoms with Crippen molar-refractivity contribution in [2.75, 3.05) is 13.2 Å². The van der Waals surface area contributed by atoms with E-state index in [4.69, 9.17) is 8.37 Å². The standard InChI is InChI=1S/C44H76O6S2/c1-5-9-13-17-21-25-31-37-49-51(45,46)43-41(35-28-24-20-16-12-8-4)39(33-27-23-19-15-11-7-3)40-34-29-30-36-42(40)44(43)52(47,48)50-38-32-26-22-18-14-10-6-2/h29-30,34,36H,5-28,31-33,35,37-38H2,1-4H3. The van der Waals surface area contributed by atoms with Gasteiger partial charge in [-0.05, 0) is 55.0 Å². The van der Waals surface area contributed by atoms with Crippen LogP contribution in [0, 0.1) is 0 Å². The third-order valence-corrected chi connectivity index (χ3v) is 13.3. The lowest BCUT2D eigenvalue weighted by molar-refractivity contribution is 0.298. The maximum absolute atomic E-state index is 14.5. The first-order chi connectivity index (χ1) is 25.2. The van der Waals surface area contributed by atoms with Crippen LogP contribution in [0.4, 0.5) is 0 Å². The van der Waals surface area contributed by atoms with Crippen LogP contribution in [0.5, 0.6) is 0 Å². The molecule has 0 amide bonds. The predicted octanol–water partition coefficient (Wildman–Crippen LogP) is 13.6. The Morgan fingerprint density at radius 1 is 0.385 bits per heavy atom. The quantitative estimate of drug-likeness (QED) is 0.0521. The van der Waals surface area contributed by atoms with Crippen molar-refractivity contribution in [2.24, 2.45) is 0 Å². The van der Waals surface area contributed by atoms with Crippen molar-refractivity contribution in [3.8, 4) is 0 Å². The van der Waals surface area contributed by atoms with E-state index < -0.39 is 20.2 Å². The van der Waals surface area contributed by atoms with Crippen molar-refractivity contribution in [3.63, 3.8) is 0 Å². The van der Waals surface area contributed by atoms with Gasteiger partial charge in [-0.2, -0.15) is 16.8 Å². The monoisotopic (exact) mass is 765 g/mol. The Morgan fingerprint density at radius 3 is 1.13 bits per heavy atom. The Kier molecular flexibility index (Phi) is 25.1. The molecule has 0 spiro atoms. The van der Waals surface area contributed by atoms with Crippen molar-refractivity contribution in [1.82, 2.24) is 0 Å². The highest BCUT2D eigenvalue weighted by Gasteiger charge is 2.35. The number of hydrogen-bond acceptors (Lipinski definition) is 6. The zero-order valence-electron chi connectivity index (χ0n) is 33.8. The van der Waals surface area contributed by atoms with Gasteiger partial charge in [0.2, 0.25) is 0 Å². The summed E-state index contributed by atoms with van der Waals surface area (Å²) >= 11 is 0. The second-order valence-corrected chi connectivity index (χ2v) is 18.1. The van der Waals surface area contributed by atoms with Gasteiger partial charge in [0, 0.05) is 5.39 Å². The topological polar surface area (TPSA) is 86.7 Å². The van der Waals surface area contributed by atoms with E-state index in [0.29, 0.717) is 36.6 Å². The highest BCUT2D eigenvalue weighted by atomic mass is 32.2. The second kappa shape index (κ2) is 28.0. The van der Waals surface area contributed by atoms with Gasteiger partial charge in [0.1, 0.15) is 9.79 Å². The molecule has 0 aliphatic carbocycles. The number of rotatable bonds is 34. The van der Waals surface area contributed by atoms with Gasteiger partial charge >= 0.3 is 0 Å². The second-order valence-electron chi connectivity index (χ2n) is 15.0. The van der Waals surface area contributed by atoms with Crippen molar-refractivity contribution in [1.29, 1.82) is 0 Å². The van der Waals surface area contributed by atoms with Crippen molar-refractivity contribution >= 4 is 31.0 Å². The number of fused-ring (bicyclic) bond motifs is 1. The highest BCUT2D eigenvalue weighted by Crippen LogP contribution is 2.40. The minimum Gasteiger partial charge on any atom is -0.266 e. The zero-order chi connectivity index (χ0) is 37.9. The summed E-state index contributed by atoms with van der Waals surface area (Å²) in [6.07, 6.45) is 28.8. The normalized spacial score (nSPS) is 12.3. The molecule has 0 aromatic heterocycles. The summed E-state index contributed by atoms with van der Waals surface area (Å²) < 4.78 is 69.1. The van der Waals surface area contributed by atoms with E-state index in [0.717, 1.165) is 101 Å². The van der Waals surface area contributed by atoms with Crippen LogP contribution in [-0.4, -0.2) is 30.0 Å². The molecular formula is C44H76O6S2. The first kappa shape index (κ1) is 46.7. The molecule has 0 saturated heterocycles. The number of benzene rings is 2. The van der Waals surface area contributed by atoms with Gasteiger partial charge in [-0.3, -0.25) is 8.37 Å². The van der Waals surface area contributed by atoms with E-state index >= 15 is 0 Å². The fourth-order valence-electron chi connectivity index (χ4n) is 7.30. The molecule has 0 bridgehead atoms. The van der Waals surface area contributed by atoms with Gasteiger partial charge < -0.3 is 0 Å². The van der Waals surface area contributed by atoms with Gasteiger partial charge in [-0.1, -0.05) is 193 Å². The molecule has 6 nitrogen and oxygen atoms in total. The van der Waals surface area contributed by atoms with Gasteiger partial charge in [-0.15, -0.1) is 0 Å². The fourth-order valence-corrected chi connectivity index (χ4v) is 10.5. The summed E-state index contributed by atoms with van der Waals surface area (Å²) in [7, 11) is -8.85. The zero-order valence-corrected chi connectivity index (χ0v) is 35.4. The molecule has 0 aliphatic rings. The van der Waals surface area contributed by atoms with E-state index in [1.165, 1.54) is 64.2 Å². The van der Waals surface area contributed by atoms with Crippen LogP contribution in [0.25, 0.3) is 10.8 Å². The van der Waals surface area contributed by atoms with E-state index in [1.54, 1.807) is 12.1 Å². The molecule has 300 valence electrons. The molecule has 2 aromatic carbocycles. The Morgan fingerprint density at radius 2 is 0.712 bits per heavy atom. The lowest BCUT2D eigenvalue weighted by Gasteiger charge is -2.22. The molecule has 0 heterocycles. The molecule has 2 aromatic rings. The molecule has 0 aliphatic heterocycles. The summed E-state index contributed by atoms with van der Waals surface area (Å²) in [5.74, 6) is 0. The summed E-state index contributed by atoms with van der Waals surface area (Å²) in [4.78, 5) is -0.387. The third-order valence-electron chi connectivity index (χ3n) is 10.4. The van der Waals surface area contributed by atoms with Crippen molar-refractivity contribution < 1.29 is 25.2 Å². The molecule has 0 unspecified atom stereocenters. The van der Waals surface area contributed by atoms with Crippen LogP contribution in [0.1, 0.15) is 206 Å². The lowest BCUT2D eigenvalue weighted by atomic mass is 9.91. The van der Waals surface area contributed by atoms with Gasteiger partial charge in [0.25, 0.3) is 20.2 Å². The number of aryl methyl sites for hydroxylation is 1. The Balaban J connectivity index is 2.56. The van der Waals surface area contributed by atoms with Crippen LogP contribution >= 0.6 is 0 Å². The van der Waals surface area contributed by atoms with Crippen LogP contribution < -0.4 is 0 Å². The maximum atomic E-state index is 14.5. The van der Waals surface area contributed by atoms with E-state index in [9.17, 15) is 16.8 Å². The molecule has 0 N–H and O–H groups in total. The average molecular weight is 765 g/mol. The Labute approximate surface area is 320 Å². The summed E-state index contributed by atoms with van der Waals surface area (Å²) in [5, 5.41) is 1.24. The molecule has 8 heteroatoms. The number of unbranched alkanes of at least 4 members (excludes halogenated alkanes) is 22. The minimum absolute atomic E-state index is 0.0368. The van der Waals surface area contributed by atoms with Crippen molar-refractivity contribution in [3.05, 3.63) is 35.4 Å². The smallest absolute Gasteiger partial charge is 0.266 e. The predicted molar refractivity (Wildman–Crippen MR) is 220 cm³/mol. The van der Waals surface area contributed by atoms with Crippen LogP contribution in [0.15, 0.2) is 34.1 Å². The first-order valence-corrected chi connectivity index (χ1v) is 24.4. The molecule has 0 atom stereocenters. The SMILES string of the molecule is CCCCCCCCCOS(=O)(=O)c1c(CCCCCCCC)c(CCCCCCCC)c2ccccc2c1S(=O)(=O)OCCCCCCCCC.